The lowest BCUT2D eigenvalue weighted by Crippen LogP contribution is -2.20. The Kier molecular flexibility index (Phi) is 5.73. The number of benzene rings is 1. The van der Waals surface area contributed by atoms with Crippen molar-refractivity contribution in [1.82, 2.24) is 14.5 Å². The number of rotatable bonds is 7. The number of carbonyl (C=O) groups excluding carboxylic acids is 1. The van der Waals surface area contributed by atoms with Gasteiger partial charge in [0.15, 0.2) is 0 Å². The Balaban J connectivity index is 1.43. The van der Waals surface area contributed by atoms with Crippen LogP contribution in [-0.2, 0) is 11.3 Å². The molecule has 0 aliphatic heterocycles. The van der Waals surface area contributed by atoms with Crippen molar-refractivity contribution < 1.29 is 4.79 Å². The number of amides is 1. The summed E-state index contributed by atoms with van der Waals surface area (Å²) in [5, 5.41) is 3.43. The highest BCUT2D eigenvalue weighted by atomic mass is 16.1. The molecule has 3 aromatic rings. The van der Waals surface area contributed by atoms with E-state index in [1.165, 1.54) is 0 Å². The molecule has 0 unspecified atom stereocenters. The molecular weight excluding hydrogens is 328 g/mol. The van der Waals surface area contributed by atoms with Gasteiger partial charge in [0.05, 0.1) is 17.2 Å². The zero-order chi connectivity index (χ0) is 18.4. The topological polar surface area (TPSA) is 76.9 Å². The van der Waals surface area contributed by atoms with Gasteiger partial charge in [-0.2, -0.15) is 0 Å². The zero-order valence-electron chi connectivity index (χ0n) is 14.8. The Morgan fingerprint density at radius 1 is 1.08 bits per heavy atom. The van der Waals surface area contributed by atoms with Crippen molar-refractivity contribution >= 4 is 22.6 Å². The number of pyridine rings is 1. The molecule has 6 heteroatoms. The smallest absolute Gasteiger partial charge is 0.261 e. The summed E-state index contributed by atoms with van der Waals surface area (Å²) in [5.41, 5.74) is 1.76. The van der Waals surface area contributed by atoms with Crippen LogP contribution < -0.4 is 10.9 Å². The molecule has 2 heterocycles. The Labute approximate surface area is 151 Å². The first kappa shape index (κ1) is 17.8. The average molecular weight is 350 g/mol. The van der Waals surface area contributed by atoms with Gasteiger partial charge in [-0.25, -0.2) is 9.97 Å². The molecule has 0 fully saturated rings. The maximum Gasteiger partial charge on any atom is 0.261 e. The Hall–Kier alpha value is -3.02. The van der Waals surface area contributed by atoms with Crippen LogP contribution in [0.25, 0.3) is 10.9 Å². The summed E-state index contributed by atoms with van der Waals surface area (Å²) in [6, 6.07) is 11.1. The van der Waals surface area contributed by atoms with Crippen molar-refractivity contribution in [3.05, 3.63) is 64.8 Å². The fraction of sp³-hybridized carbons (Fsp3) is 0.300. The number of aromatic nitrogens is 3. The number of hydrogen-bond acceptors (Lipinski definition) is 4. The van der Waals surface area contributed by atoms with Gasteiger partial charge in [0.1, 0.15) is 5.82 Å². The first-order valence-electron chi connectivity index (χ1n) is 8.80. The number of hydrogen-bond donors (Lipinski definition) is 1. The van der Waals surface area contributed by atoms with Gasteiger partial charge in [0.25, 0.3) is 5.56 Å². The number of anilines is 1. The van der Waals surface area contributed by atoms with Crippen molar-refractivity contribution in [2.75, 3.05) is 5.32 Å². The van der Waals surface area contributed by atoms with Crippen LogP contribution in [0.1, 0.15) is 31.2 Å². The third-order valence-electron chi connectivity index (χ3n) is 4.21. The molecule has 2 aromatic heterocycles. The van der Waals surface area contributed by atoms with Crippen molar-refractivity contribution in [2.24, 2.45) is 0 Å². The van der Waals surface area contributed by atoms with Crippen LogP contribution in [0, 0.1) is 6.92 Å². The van der Waals surface area contributed by atoms with Crippen LogP contribution in [0.2, 0.25) is 0 Å². The molecule has 6 nitrogen and oxygen atoms in total. The molecule has 1 N–H and O–H groups in total. The summed E-state index contributed by atoms with van der Waals surface area (Å²) < 4.78 is 1.64. The normalized spacial score (nSPS) is 10.8. The van der Waals surface area contributed by atoms with E-state index in [4.69, 9.17) is 0 Å². The van der Waals surface area contributed by atoms with Gasteiger partial charge in [0.2, 0.25) is 5.91 Å². The predicted molar refractivity (Wildman–Crippen MR) is 102 cm³/mol. The minimum absolute atomic E-state index is 0.0150. The minimum Gasteiger partial charge on any atom is -0.311 e. The van der Waals surface area contributed by atoms with Gasteiger partial charge in [-0.1, -0.05) is 24.6 Å². The summed E-state index contributed by atoms with van der Waals surface area (Å²) in [6.45, 7) is 2.56. The van der Waals surface area contributed by atoms with Gasteiger partial charge in [-0.15, -0.1) is 0 Å². The lowest BCUT2D eigenvalue weighted by molar-refractivity contribution is -0.116. The summed E-state index contributed by atoms with van der Waals surface area (Å²) in [7, 11) is 0. The third kappa shape index (κ3) is 4.53. The van der Waals surface area contributed by atoms with Crippen LogP contribution in [-0.4, -0.2) is 20.4 Å². The van der Waals surface area contributed by atoms with E-state index in [1.807, 2.05) is 31.2 Å². The lowest BCUT2D eigenvalue weighted by atomic mass is 10.2. The standard InChI is InChI=1S/C20H22N4O2/c1-15-10-11-18(21-13-15)23-19(25)9-3-2-6-12-24-14-22-17-8-5-4-7-16(17)20(24)26/h4-5,7-8,10-11,13-14H,2-3,6,9,12H2,1H3,(H,21,23,25). The van der Waals surface area contributed by atoms with Crippen LogP contribution in [0.3, 0.4) is 0 Å². The fourth-order valence-electron chi connectivity index (χ4n) is 2.76. The summed E-state index contributed by atoms with van der Waals surface area (Å²) in [6.07, 6.45) is 6.24. The number of fused-ring (bicyclic) bond motifs is 1. The highest BCUT2D eigenvalue weighted by Crippen LogP contribution is 2.08. The first-order chi connectivity index (χ1) is 12.6. The second kappa shape index (κ2) is 8.38. The largest absolute Gasteiger partial charge is 0.311 e. The molecule has 134 valence electrons. The van der Waals surface area contributed by atoms with E-state index < -0.39 is 0 Å². The molecule has 0 saturated carbocycles. The first-order valence-corrected chi connectivity index (χ1v) is 8.80. The Morgan fingerprint density at radius 2 is 1.92 bits per heavy atom. The third-order valence-corrected chi connectivity index (χ3v) is 4.21. The molecule has 0 bridgehead atoms. The highest BCUT2D eigenvalue weighted by molar-refractivity contribution is 5.89. The highest BCUT2D eigenvalue weighted by Gasteiger charge is 2.05. The molecule has 1 aromatic carbocycles. The zero-order valence-corrected chi connectivity index (χ0v) is 14.8. The van der Waals surface area contributed by atoms with Crippen molar-refractivity contribution in [3.8, 4) is 0 Å². The van der Waals surface area contributed by atoms with Crippen molar-refractivity contribution in [2.45, 2.75) is 39.2 Å². The SMILES string of the molecule is Cc1ccc(NC(=O)CCCCCn2cnc3ccccc3c2=O)nc1. The maximum atomic E-state index is 12.4. The number of para-hydroxylation sites is 1. The van der Waals surface area contributed by atoms with Crippen LogP contribution >= 0.6 is 0 Å². The minimum atomic E-state index is -0.0362. The van der Waals surface area contributed by atoms with E-state index in [1.54, 1.807) is 29.2 Å². The van der Waals surface area contributed by atoms with E-state index in [-0.39, 0.29) is 11.5 Å². The van der Waals surface area contributed by atoms with Gasteiger partial charge in [-0.05, 0) is 43.5 Å². The van der Waals surface area contributed by atoms with E-state index in [9.17, 15) is 9.59 Å². The fourth-order valence-corrected chi connectivity index (χ4v) is 2.76. The number of nitrogens with one attached hydrogen (secondary N) is 1. The second-order valence-electron chi connectivity index (χ2n) is 6.34. The summed E-state index contributed by atoms with van der Waals surface area (Å²) >= 11 is 0. The monoisotopic (exact) mass is 350 g/mol. The summed E-state index contributed by atoms with van der Waals surface area (Å²) in [5.74, 6) is 0.542. The molecular formula is C20H22N4O2. The number of aryl methyl sites for hydroxylation is 2. The van der Waals surface area contributed by atoms with Crippen molar-refractivity contribution in [1.29, 1.82) is 0 Å². The molecule has 3 rings (SSSR count). The second-order valence-corrected chi connectivity index (χ2v) is 6.34. The van der Waals surface area contributed by atoms with Crippen LogP contribution in [0.15, 0.2) is 53.7 Å². The molecule has 0 aliphatic rings. The lowest BCUT2D eigenvalue weighted by Gasteiger charge is -2.07. The van der Waals surface area contributed by atoms with E-state index in [2.05, 4.69) is 15.3 Å². The van der Waals surface area contributed by atoms with E-state index >= 15 is 0 Å². The quantitative estimate of drug-likeness (QED) is 0.663. The molecule has 0 radical (unpaired) electrons. The van der Waals surface area contributed by atoms with Gasteiger partial charge in [-0.3, -0.25) is 14.2 Å². The van der Waals surface area contributed by atoms with E-state index in [0.717, 1.165) is 30.3 Å². The predicted octanol–water partition coefficient (Wildman–Crippen LogP) is 3.30. The molecule has 1 amide bonds. The molecule has 26 heavy (non-hydrogen) atoms. The Bertz CT molecular complexity index is 948. The maximum absolute atomic E-state index is 12.4. The Morgan fingerprint density at radius 3 is 2.73 bits per heavy atom. The number of nitrogens with zero attached hydrogens (tertiary/aromatic N) is 3. The molecule has 0 saturated heterocycles. The van der Waals surface area contributed by atoms with Crippen LogP contribution in [0.5, 0.6) is 0 Å². The molecule has 0 aliphatic carbocycles. The summed E-state index contributed by atoms with van der Waals surface area (Å²) in [4.78, 5) is 32.8. The molecule has 0 spiro atoms. The van der Waals surface area contributed by atoms with Gasteiger partial charge >= 0.3 is 0 Å². The number of carbonyl (C=O) groups is 1. The van der Waals surface area contributed by atoms with Gasteiger partial charge in [0, 0.05) is 19.2 Å². The van der Waals surface area contributed by atoms with Gasteiger partial charge < -0.3 is 5.32 Å². The number of unbranched alkanes of at least 4 members (excludes halogenated alkanes) is 2. The van der Waals surface area contributed by atoms with Crippen LogP contribution in [0.4, 0.5) is 5.82 Å². The molecule has 0 atom stereocenters. The van der Waals surface area contributed by atoms with Crippen molar-refractivity contribution in [3.63, 3.8) is 0 Å². The average Bonchev–Trinajstić information content (AvgIpc) is 2.65. The van der Waals surface area contributed by atoms with E-state index in [0.29, 0.717) is 24.2 Å².